The van der Waals surface area contributed by atoms with Crippen molar-refractivity contribution >= 4 is 11.4 Å². The summed E-state index contributed by atoms with van der Waals surface area (Å²) in [6.45, 7) is 1.90. The SMILES string of the molecule is Cc1cc([N+](=O)[O-])cc(C#CCN)c1N. The highest BCUT2D eigenvalue weighted by atomic mass is 16.6. The molecule has 78 valence electrons. The van der Waals surface area contributed by atoms with Gasteiger partial charge in [-0.15, -0.1) is 0 Å². The van der Waals surface area contributed by atoms with Crippen molar-refractivity contribution in [2.24, 2.45) is 5.73 Å². The van der Waals surface area contributed by atoms with Crippen molar-refractivity contribution < 1.29 is 4.92 Å². The highest BCUT2D eigenvalue weighted by Crippen LogP contribution is 2.23. The summed E-state index contributed by atoms with van der Waals surface area (Å²) in [5.74, 6) is 5.32. The number of benzene rings is 1. The van der Waals surface area contributed by atoms with Crippen molar-refractivity contribution in [3.63, 3.8) is 0 Å². The van der Waals surface area contributed by atoms with Crippen LogP contribution in [0.3, 0.4) is 0 Å². The Hall–Kier alpha value is -2.06. The van der Waals surface area contributed by atoms with Crippen LogP contribution in [0.5, 0.6) is 0 Å². The van der Waals surface area contributed by atoms with Crippen LogP contribution >= 0.6 is 0 Å². The van der Waals surface area contributed by atoms with Gasteiger partial charge < -0.3 is 11.5 Å². The van der Waals surface area contributed by atoms with E-state index in [-0.39, 0.29) is 12.2 Å². The molecule has 15 heavy (non-hydrogen) atoms. The molecule has 1 aromatic carbocycles. The van der Waals surface area contributed by atoms with Gasteiger partial charge in [0.1, 0.15) is 0 Å². The molecule has 0 heterocycles. The fourth-order valence-corrected chi connectivity index (χ4v) is 1.13. The molecule has 0 aliphatic carbocycles. The summed E-state index contributed by atoms with van der Waals surface area (Å²) in [6.07, 6.45) is 0. The lowest BCUT2D eigenvalue weighted by molar-refractivity contribution is -0.384. The van der Waals surface area contributed by atoms with Crippen molar-refractivity contribution in [2.75, 3.05) is 12.3 Å². The van der Waals surface area contributed by atoms with E-state index in [4.69, 9.17) is 11.5 Å². The fourth-order valence-electron chi connectivity index (χ4n) is 1.13. The molecule has 1 rings (SSSR count). The summed E-state index contributed by atoms with van der Waals surface area (Å²) in [7, 11) is 0. The lowest BCUT2D eigenvalue weighted by Crippen LogP contribution is -1.98. The summed E-state index contributed by atoms with van der Waals surface area (Å²) in [5, 5.41) is 10.6. The van der Waals surface area contributed by atoms with Crippen molar-refractivity contribution in [3.05, 3.63) is 33.4 Å². The van der Waals surface area contributed by atoms with E-state index in [2.05, 4.69) is 11.8 Å². The molecule has 0 amide bonds. The summed E-state index contributed by atoms with van der Waals surface area (Å²) < 4.78 is 0. The van der Waals surface area contributed by atoms with Gasteiger partial charge in [0.05, 0.1) is 22.7 Å². The Bertz CT molecular complexity index is 458. The van der Waals surface area contributed by atoms with Crippen LogP contribution in [-0.4, -0.2) is 11.5 Å². The summed E-state index contributed by atoms with van der Waals surface area (Å²) >= 11 is 0. The maximum absolute atomic E-state index is 10.6. The number of aryl methyl sites for hydroxylation is 1. The van der Waals surface area contributed by atoms with Crippen molar-refractivity contribution in [2.45, 2.75) is 6.92 Å². The Morgan fingerprint density at radius 2 is 2.20 bits per heavy atom. The van der Waals surface area contributed by atoms with Crippen LogP contribution in [0.4, 0.5) is 11.4 Å². The lowest BCUT2D eigenvalue weighted by atomic mass is 10.1. The van der Waals surface area contributed by atoms with Gasteiger partial charge in [-0.25, -0.2) is 0 Å². The highest BCUT2D eigenvalue weighted by molar-refractivity contribution is 5.64. The number of hydrogen-bond acceptors (Lipinski definition) is 4. The van der Waals surface area contributed by atoms with Crippen LogP contribution in [0.2, 0.25) is 0 Å². The van der Waals surface area contributed by atoms with E-state index >= 15 is 0 Å². The molecular formula is C10H11N3O2. The molecule has 0 spiro atoms. The quantitative estimate of drug-likeness (QED) is 0.307. The third-order valence-corrected chi connectivity index (χ3v) is 1.91. The Labute approximate surface area is 87.2 Å². The second-order valence-corrected chi connectivity index (χ2v) is 2.99. The van der Waals surface area contributed by atoms with E-state index < -0.39 is 4.92 Å². The molecule has 5 nitrogen and oxygen atoms in total. The number of nitrogens with two attached hydrogens (primary N) is 2. The molecule has 0 fully saturated rings. The number of nitro groups is 1. The molecule has 1 aromatic rings. The molecular weight excluding hydrogens is 194 g/mol. The van der Waals surface area contributed by atoms with Crippen LogP contribution in [-0.2, 0) is 0 Å². The molecule has 0 atom stereocenters. The number of nitrogens with zero attached hydrogens (tertiary/aromatic N) is 1. The van der Waals surface area contributed by atoms with E-state index in [1.165, 1.54) is 12.1 Å². The highest BCUT2D eigenvalue weighted by Gasteiger charge is 2.10. The second-order valence-electron chi connectivity index (χ2n) is 2.99. The molecule has 0 aromatic heterocycles. The minimum absolute atomic E-state index is 0.0111. The molecule has 0 saturated carbocycles. The Morgan fingerprint density at radius 1 is 1.53 bits per heavy atom. The van der Waals surface area contributed by atoms with Crippen LogP contribution in [0.1, 0.15) is 11.1 Å². The first-order valence-corrected chi connectivity index (χ1v) is 4.29. The van der Waals surface area contributed by atoms with E-state index in [1.54, 1.807) is 6.92 Å². The predicted octanol–water partition coefficient (Wildman–Crippen LogP) is 0.796. The monoisotopic (exact) mass is 205 g/mol. The molecule has 4 N–H and O–H groups in total. The Morgan fingerprint density at radius 3 is 2.73 bits per heavy atom. The maximum atomic E-state index is 10.6. The smallest absolute Gasteiger partial charge is 0.271 e. The van der Waals surface area contributed by atoms with Crippen LogP contribution in [0.25, 0.3) is 0 Å². The zero-order valence-electron chi connectivity index (χ0n) is 8.28. The van der Waals surface area contributed by atoms with Gasteiger partial charge in [0.2, 0.25) is 0 Å². The molecule has 0 aliphatic rings. The van der Waals surface area contributed by atoms with E-state index in [0.29, 0.717) is 16.8 Å². The summed E-state index contributed by atoms with van der Waals surface area (Å²) in [4.78, 5) is 10.1. The first-order chi connectivity index (χ1) is 7.06. The zero-order chi connectivity index (χ0) is 11.4. The van der Waals surface area contributed by atoms with Gasteiger partial charge in [-0.05, 0) is 12.5 Å². The largest absolute Gasteiger partial charge is 0.397 e. The average Bonchev–Trinajstić information content (AvgIpc) is 2.19. The third kappa shape index (κ3) is 2.45. The van der Waals surface area contributed by atoms with E-state index in [0.717, 1.165) is 0 Å². The number of anilines is 1. The molecule has 0 radical (unpaired) electrons. The number of nitro benzene ring substituents is 1. The molecule has 5 heteroatoms. The van der Waals surface area contributed by atoms with Crippen molar-refractivity contribution in [1.82, 2.24) is 0 Å². The van der Waals surface area contributed by atoms with Crippen LogP contribution in [0.15, 0.2) is 12.1 Å². The van der Waals surface area contributed by atoms with Gasteiger partial charge in [-0.1, -0.05) is 11.8 Å². The molecule has 0 unspecified atom stereocenters. The van der Waals surface area contributed by atoms with Gasteiger partial charge in [0.15, 0.2) is 0 Å². The maximum Gasteiger partial charge on any atom is 0.271 e. The Kier molecular flexibility index (Phi) is 3.26. The predicted molar refractivity (Wildman–Crippen MR) is 58.2 cm³/mol. The second kappa shape index (κ2) is 4.44. The first kappa shape index (κ1) is 11.0. The van der Waals surface area contributed by atoms with Gasteiger partial charge in [0, 0.05) is 12.1 Å². The van der Waals surface area contributed by atoms with Crippen molar-refractivity contribution in [1.29, 1.82) is 0 Å². The molecule has 0 saturated heterocycles. The van der Waals surface area contributed by atoms with Gasteiger partial charge in [-0.3, -0.25) is 10.1 Å². The van der Waals surface area contributed by atoms with Gasteiger partial charge in [-0.2, -0.15) is 0 Å². The van der Waals surface area contributed by atoms with Crippen molar-refractivity contribution in [3.8, 4) is 11.8 Å². The molecule has 0 aliphatic heterocycles. The van der Waals surface area contributed by atoms with Crippen LogP contribution in [0, 0.1) is 28.9 Å². The topological polar surface area (TPSA) is 95.2 Å². The summed E-state index contributed by atoms with van der Waals surface area (Å²) in [5.41, 5.74) is 12.5. The zero-order valence-corrected chi connectivity index (χ0v) is 8.28. The number of non-ortho nitro benzene ring substituents is 1. The van der Waals surface area contributed by atoms with Gasteiger partial charge >= 0.3 is 0 Å². The normalized spacial score (nSPS) is 9.20. The van der Waals surface area contributed by atoms with E-state index in [1.807, 2.05) is 0 Å². The Balaban J connectivity index is 3.31. The number of nitrogen functional groups attached to an aromatic ring is 1. The first-order valence-electron chi connectivity index (χ1n) is 4.29. The lowest BCUT2D eigenvalue weighted by Gasteiger charge is -2.02. The minimum atomic E-state index is -0.472. The summed E-state index contributed by atoms with van der Waals surface area (Å²) in [6, 6.07) is 2.77. The average molecular weight is 205 g/mol. The number of hydrogen-bond donors (Lipinski definition) is 2. The number of rotatable bonds is 1. The van der Waals surface area contributed by atoms with Gasteiger partial charge in [0.25, 0.3) is 5.69 Å². The third-order valence-electron chi connectivity index (χ3n) is 1.91. The molecule has 0 bridgehead atoms. The van der Waals surface area contributed by atoms with Crippen LogP contribution < -0.4 is 11.5 Å². The fraction of sp³-hybridized carbons (Fsp3) is 0.200. The standard InChI is InChI=1S/C10H11N3O2/c1-7-5-9(13(14)15)6-8(10(7)12)3-2-4-11/h5-6H,4,11-12H2,1H3. The minimum Gasteiger partial charge on any atom is -0.397 e. The van der Waals surface area contributed by atoms with E-state index in [9.17, 15) is 10.1 Å².